The molecular formula is C12H14N2O2. The van der Waals surface area contributed by atoms with Crippen LogP contribution in [0.25, 0.3) is 0 Å². The Labute approximate surface area is 94.1 Å². The minimum absolute atomic E-state index is 0.127. The summed E-state index contributed by atoms with van der Waals surface area (Å²) < 4.78 is 0. The third-order valence-corrected chi connectivity index (χ3v) is 1.98. The first-order chi connectivity index (χ1) is 7.49. The number of nitrogens with two attached hydrogens (primary N) is 1. The highest BCUT2D eigenvalue weighted by atomic mass is 16.2. The summed E-state index contributed by atoms with van der Waals surface area (Å²) in [6, 6.07) is 7.35. The number of benzene rings is 1. The van der Waals surface area contributed by atoms with E-state index in [1.54, 1.807) is 6.07 Å². The van der Waals surface area contributed by atoms with Crippen LogP contribution < -0.4 is 11.1 Å². The van der Waals surface area contributed by atoms with Gasteiger partial charge in [0.2, 0.25) is 5.91 Å². The molecular weight excluding hydrogens is 204 g/mol. The predicted octanol–water partition coefficient (Wildman–Crippen LogP) is 1.37. The van der Waals surface area contributed by atoms with Crippen molar-refractivity contribution in [3.05, 3.63) is 42.0 Å². The Hall–Kier alpha value is -2.10. The Morgan fingerprint density at radius 3 is 2.69 bits per heavy atom. The fourth-order valence-electron chi connectivity index (χ4n) is 1.23. The third-order valence-electron chi connectivity index (χ3n) is 1.98. The van der Waals surface area contributed by atoms with E-state index in [-0.39, 0.29) is 17.9 Å². The number of anilines is 1. The van der Waals surface area contributed by atoms with Crippen LogP contribution >= 0.6 is 0 Å². The van der Waals surface area contributed by atoms with E-state index in [0.29, 0.717) is 5.69 Å². The molecule has 1 aromatic rings. The molecule has 0 aliphatic rings. The van der Waals surface area contributed by atoms with Gasteiger partial charge in [-0.25, -0.2) is 0 Å². The summed E-state index contributed by atoms with van der Waals surface area (Å²) >= 11 is 0. The highest BCUT2D eigenvalue weighted by Crippen LogP contribution is 2.11. The molecule has 0 atom stereocenters. The topological polar surface area (TPSA) is 72.2 Å². The zero-order chi connectivity index (χ0) is 12.1. The van der Waals surface area contributed by atoms with Crippen LogP contribution in [0.2, 0.25) is 0 Å². The Kier molecular flexibility index (Phi) is 3.83. The van der Waals surface area contributed by atoms with E-state index in [9.17, 15) is 9.59 Å². The van der Waals surface area contributed by atoms with Crippen molar-refractivity contribution in [3.63, 3.8) is 0 Å². The second-order valence-electron chi connectivity index (χ2n) is 3.57. The van der Waals surface area contributed by atoms with Crippen LogP contribution in [0, 0.1) is 6.92 Å². The normalized spacial score (nSPS) is 9.56. The fourth-order valence-corrected chi connectivity index (χ4v) is 1.23. The molecule has 4 nitrogen and oxygen atoms in total. The third kappa shape index (κ3) is 3.57. The molecule has 0 aliphatic carbocycles. The molecule has 0 saturated carbocycles. The molecule has 0 unspecified atom stereocenters. The molecule has 0 spiro atoms. The Morgan fingerprint density at radius 1 is 1.44 bits per heavy atom. The van der Waals surface area contributed by atoms with Crippen LogP contribution in [0.5, 0.6) is 0 Å². The number of carbonyl (C=O) groups is 2. The zero-order valence-corrected chi connectivity index (χ0v) is 9.12. The lowest BCUT2D eigenvalue weighted by Gasteiger charge is -2.06. The Bertz CT molecular complexity index is 438. The van der Waals surface area contributed by atoms with Crippen molar-refractivity contribution in [3.8, 4) is 0 Å². The summed E-state index contributed by atoms with van der Waals surface area (Å²) in [6.07, 6.45) is -0.127. The first-order valence-electron chi connectivity index (χ1n) is 4.83. The summed E-state index contributed by atoms with van der Waals surface area (Å²) in [5, 5.41) is 2.64. The first-order valence-corrected chi connectivity index (χ1v) is 4.83. The second kappa shape index (κ2) is 5.11. The lowest BCUT2D eigenvalue weighted by atomic mass is 10.2. The van der Waals surface area contributed by atoms with Gasteiger partial charge in [0.05, 0.1) is 6.42 Å². The predicted molar refractivity (Wildman–Crippen MR) is 62.8 cm³/mol. The van der Waals surface area contributed by atoms with E-state index in [1.807, 2.05) is 25.1 Å². The minimum Gasteiger partial charge on any atom is -0.369 e. The van der Waals surface area contributed by atoms with Gasteiger partial charge in [-0.1, -0.05) is 18.7 Å². The first kappa shape index (κ1) is 12.0. The van der Waals surface area contributed by atoms with E-state index >= 15 is 0 Å². The molecule has 0 radical (unpaired) electrons. The fraction of sp³-hybridized carbons (Fsp3) is 0.167. The van der Waals surface area contributed by atoms with Crippen molar-refractivity contribution < 1.29 is 9.59 Å². The number of hydrogen-bond acceptors (Lipinski definition) is 2. The van der Waals surface area contributed by atoms with E-state index in [1.165, 1.54) is 0 Å². The van der Waals surface area contributed by atoms with Crippen LogP contribution in [0.1, 0.15) is 12.0 Å². The van der Waals surface area contributed by atoms with Gasteiger partial charge in [-0.2, -0.15) is 0 Å². The van der Waals surface area contributed by atoms with Gasteiger partial charge in [-0.15, -0.1) is 0 Å². The van der Waals surface area contributed by atoms with Crippen LogP contribution in [-0.2, 0) is 9.59 Å². The van der Waals surface area contributed by atoms with E-state index in [2.05, 4.69) is 11.9 Å². The van der Waals surface area contributed by atoms with Crippen molar-refractivity contribution in [2.24, 2.45) is 5.73 Å². The summed E-state index contributed by atoms with van der Waals surface area (Å²) in [6.45, 7) is 5.42. The molecule has 0 heterocycles. The molecule has 16 heavy (non-hydrogen) atoms. The summed E-state index contributed by atoms with van der Waals surface area (Å²) in [5.41, 5.74) is 6.85. The summed E-state index contributed by atoms with van der Waals surface area (Å²) in [7, 11) is 0. The van der Waals surface area contributed by atoms with Crippen molar-refractivity contribution in [1.82, 2.24) is 0 Å². The van der Waals surface area contributed by atoms with Crippen LogP contribution in [0.4, 0.5) is 5.69 Å². The molecule has 0 saturated heterocycles. The monoisotopic (exact) mass is 218 g/mol. The molecule has 1 aromatic carbocycles. The van der Waals surface area contributed by atoms with Gasteiger partial charge in [0.25, 0.3) is 5.91 Å². The van der Waals surface area contributed by atoms with Crippen molar-refractivity contribution >= 4 is 17.5 Å². The van der Waals surface area contributed by atoms with Gasteiger partial charge < -0.3 is 11.1 Å². The molecule has 0 aliphatic heterocycles. The largest absolute Gasteiger partial charge is 0.369 e. The van der Waals surface area contributed by atoms with Crippen LogP contribution in [0.3, 0.4) is 0 Å². The van der Waals surface area contributed by atoms with Gasteiger partial charge in [0.15, 0.2) is 0 Å². The Morgan fingerprint density at radius 2 is 2.12 bits per heavy atom. The molecule has 84 valence electrons. The number of primary amides is 1. The summed E-state index contributed by atoms with van der Waals surface area (Å²) in [4.78, 5) is 22.1. The minimum atomic E-state index is -0.565. The van der Waals surface area contributed by atoms with Gasteiger partial charge in [0.1, 0.15) is 0 Å². The van der Waals surface area contributed by atoms with Gasteiger partial charge in [-0.3, -0.25) is 9.59 Å². The molecule has 1 rings (SSSR count). The molecule has 0 bridgehead atoms. The maximum Gasteiger partial charge on any atom is 0.251 e. The molecule has 0 fully saturated rings. The zero-order valence-electron chi connectivity index (χ0n) is 9.12. The number of nitrogens with one attached hydrogen (secondary N) is 1. The van der Waals surface area contributed by atoms with Crippen LogP contribution in [0.15, 0.2) is 36.4 Å². The molecule has 0 aromatic heterocycles. The lowest BCUT2D eigenvalue weighted by molar-refractivity contribution is -0.119. The van der Waals surface area contributed by atoms with Gasteiger partial charge >= 0.3 is 0 Å². The standard InChI is InChI=1S/C12H14N2O2/c1-8-4-3-5-10(6-8)14-12(16)9(2)7-11(13)15/h3-6H,2,7H2,1H3,(H2,13,15)(H,14,16). The average molecular weight is 218 g/mol. The number of hydrogen-bond donors (Lipinski definition) is 2. The van der Waals surface area contributed by atoms with Crippen molar-refractivity contribution in [1.29, 1.82) is 0 Å². The lowest BCUT2D eigenvalue weighted by Crippen LogP contribution is -2.19. The second-order valence-corrected chi connectivity index (χ2v) is 3.57. The molecule has 4 heteroatoms. The van der Waals surface area contributed by atoms with Crippen molar-refractivity contribution in [2.45, 2.75) is 13.3 Å². The van der Waals surface area contributed by atoms with E-state index < -0.39 is 5.91 Å². The van der Waals surface area contributed by atoms with Crippen molar-refractivity contribution in [2.75, 3.05) is 5.32 Å². The quantitative estimate of drug-likeness (QED) is 0.749. The number of aryl methyl sites for hydroxylation is 1. The Balaban J connectivity index is 2.64. The summed E-state index contributed by atoms with van der Waals surface area (Å²) in [5.74, 6) is -0.950. The smallest absolute Gasteiger partial charge is 0.251 e. The highest BCUT2D eigenvalue weighted by Gasteiger charge is 2.09. The van der Waals surface area contributed by atoms with E-state index in [0.717, 1.165) is 5.56 Å². The van der Waals surface area contributed by atoms with Gasteiger partial charge in [0, 0.05) is 11.3 Å². The van der Waals surface area contributed by atoms with Crippen LogP contribution in [-0.4, -0.2) is 11.8 Å². The maximum absolute atomic E-state index is 11.5. The van der Waals surface area contributed by atoms with Gasteiger partial charge in [-0.05, 0) is 24.6 Å². The maximum atomic E-state index is 11.5. The molecule has 3 N–H and O–H groups in total. The number of rotatable bonds is 4. The number of carbonyl (C=O) groups excluding carboxylic acids is 2. The number of amides is 2. The SMILES string of the molecule is C=C(CC(N)=O)C(=O)Nc1cccc(C)c1. The molecule has 2 amide bonds. The average Bonchev–Trinajstić information content (AvgIpc) is 2.16. The van der Waals surface area contributed by atoms with E-state index in [4.69, 9.17) is 5.73 Å². The highest BCUT2D eigenvalue weighted by molar-refractivity contribution is 6.06.